The number of benzene rings is 1. The Morgan fingerprint density at radius 3 is 2.44 bits per heavy atom. The largest absolute Gasteiger partial charge is 0.494 e. The Bertz CT molecular complexity index is 466. The zero-order valence-corrected chi connectivity index (χ0v) is 10.3. The minimum absolute atomic E-state index is 0.563. The van der Waals surface area contributed by atoms with E-state index in [0.29, 0.717) is 12.3 Å². The SMILES string of the molecule is CCOc1ccc(/C(C)=N\NC(=O)C(N)=O)cc1. The molecule has 1 rings (SSSR count). The number of carbonyl (C=O) groups is 2. The van der Waals surface area contributed by atoms with Crippen molar-refractivity contribution < 1.29 is 14.3 Å². The van der Waals surface area contributed by atoms with Crippen LogP contribution in [0.3, 0.4) is 0 Å². The van der Waals surface area contributed by atoms with Gasteiger partial charge in [0.25, 0.3) is 0 Å². The number of primary amides is 1. The molecule has 0 aromatic heterocycles. The van der Waals surface area contributed by atoms with Gasteiger partial charge in [0.05, 0.1) is 12.3 Å². The number of hydrogen-bond acceptors (Lipinski definition) is 4. The lowest BCUT2D eigenvalue weighted by Gasteiger charge is -2.04. The van der Waals surface area contributed by atoms with Gasteiger partial charge in [0, 0.05) is 0 Å². The number of rotatable bonds is 4. The predicted molar refractivity (Wildman–Crippen MR) is 67.2 cm³/mol. The highest BCUT2D eigenvalue weighted by molar-refractivity contribution is 6.34. The van der Waals surface area contributed by atoms with Crippen LogP contribution in [-0.4, -0.2) is 24.1 Å². The van der Waals surface area contributed by atoms with Gasteiger partial charge in [-0.2, -0.15) is 5.10 Å². The molecule has 0 unspecified atom stereocenters. The normalized spacial score (nSPS) is 10.9. The Morgan fingerprint density at radius 2 is 1.94 bits per heavy atom. The van der Waals surface area contributed by atoms with E-state index in [-0.39, 0.29) is 0 Å². The molecule has 0 aliphatic carbocycles. The van der Waals surface area contributed by atoms with Gasteiger partial charge in [-0.15, -0.1) is 0 Å². The summed E-state index contributed by atoms with van der Waals surface area (Å²) < 4.78 is 5.30. The van der Waals surface area contributed by atoms with E-state index in [9.17, 15) is 9.59 Å². The summed E-state index contributed by atoms with van der Waals surface area (Å²) in [6, 6.07) is 7.21. The zero-order valence-electron chi connectivity index (χ0n) is 10.3. The molecule has 1 aromatic carbocycles. The number of carbonyl (C=O) groups excluding carboxylic acids is 2. The molecule has 6 nitrogen and oxygen atoms in total. The van der Waals surface area contributed by atoms with Crippen molar-refractivity contribution in [3.05, 3.63) is 29.8 Å². The Kier molecular flexibility index (Phi) is 4.86. The van der Waals surface area contributed by atoms with Crippen molar-refractivity contribution in [3.8, 4) is 5.75 Å². The fourth-order valence-corrected chi connectivity index (χ4v) is 1.21. The van der Waals surface area contributed by atoms with Gasteiger partial charge in [-0.05, 0) is 43.7 Å². The molecule has 0 saturated carbocycles. The highest BCUT2D eigenvalue weighted by Gasteiger charge is 2.06. The van der Waals surface area contributed by atoms with Gasteiger partial charge in [0.1, 0.15) is 5.75 Å². The second kappa shape index (κ2) is 6.39. The monoisotopic (exact) mass is 249 g/mol. The lowest BCUT2D eigenvalue weighted by atomic mass is 10.1. The number of nitrogens with one attached hydrogen (secondary N) is 1. The standard InChI is InChI=1S/C12H15N3O3/c1-3-18-10-6-4-9(5-7-10)8(2)14-15-12(17)11(13)16/h4-7H,3H2,1-2H3,(H2,13,16)(H,15,17)/b14-8-. The number of hydrazone groups is 1. The summed E-state index contributed by atoms with van der Waals surface area (Å²) in [5, 5.41) is 3.77. The molecule has 96 valence electrons. The van der Waals surface area contributed by atoms with Crippen molar-refractivity contribution in [2.45, 2.75) is 13.8 Å². The van der Waals surface area contributed by atoms with E-state index in [1.165, 1.54) is 0 Å². The summed E-state index contributed by atoms with van der Waals surface area (Å²) in [5.41, 5.74) is 8.21. The smallest absolute Gasteiger partial charge is 0.329 e. The number of nitrogens with two attached hydrogens (primary N) is 1. The van der Waals surface area contributed by atoms with E-state index < -0.39 is 11.8 Å². The summed E-state index contributed by atoms with van der Waals surface area (Å²) in [5.74, 6) is -1.26. The van der Waals surface area contributed by atoms with Crippen LogP contribution in [0, 0.1) is 0 Å². The van der Waals surface area contributed by atoms with Gasteiger partial charge in [0.15, 0.2) is 0 Å². The molecule has 0 fully saturated rings. The van der Waals surface area contributed by atoms with Crippen molar-refractivity contribution >= 4 is 17.5 Å². The predicted octanol–water partition coefficient (Wildman–Crippen LogP) is 0.411. The quantitative estimate of drug-likeness (QED) is 0.459. The van der Waals surface area contributed by atoms with Crippen molar-refractivity contribution in [2.24, 2.45) is 10.8 Å². The van der Waals surface area contributed by atoms with E-state index in [1.807, 2.05) is 6.92 Å². The molecule has 2 amide bonds. The third kappa shape index (κ3) is 3.89. The first kappa shape index (κ1) is 13.7. The fourth-order valence-electron chi connectivity index (χ4n) is 1.21. The van der Waals surface area contributed by atoms with Crippen LogP contribution >= 0.6 is 0 Å². The number of ether oxygens (including phenoxy) is 1. The lowest BCUT2D eigenvalue weighted by molar-refractivity contribution is -0.137. The van der Waals surface area contributed by atoms with E-state index in [1.54, 1.807) is 31.2 Å². The first-order valence-electron chi connectivity index (χ1n) is 5.42. The number of hydrogen-bond donors (Lipinski definition) is 2. The van der Waals surface area contributed by atoms with Gasteiger partial charge in [-0.3, -0.25) is 9.59 Å². The van der Waals surface area contributed by atoms with Crippen LogP contribution < -0.4 is 15.9 Å². The maximum Gasteiger partial charge on any atom is 0.329 e. The Balaban J connectivity index is 2.71. The van der Waals surface area contributed by atoms with Crippen molar-refractivity contribution in [1.29, 1.82) is 0 Å². The highest BCUT2D eigenvalue weighted by atomic mass is 16.5. The summed E-state index contributed by atoms with van der Waals surface area (Å²) in [6.45, 7) is 4.21. The Morgan fingerprint density at radius 1 is 1.33 bits per heavy atom. The third-order valence-electron chi connectivity index (χ3n) is 2.13. The van der Waals surface area contributed by atoms with Gasteiger partial charge in [-0.25, -0.2) is 5.43 Å². The third-order valence-corrected chi connectivity index (χ3v) is 2.13. The topological polar surface area (TPSA) is 93.8 Å². The van der Waals surface area contributed by atoms with Gasteiger partial charge < -0.3 is 10.5 Å². The van der Waals surface area contributed by atoms with Crippen molar-refractivity contribution in [1.82, 2.24) is 5.43 Å². The first-order chi connectivity index (χ1) is 8.54. The second-order valence-corrected chi connectivity index (χ2v) is 3.46. The minimum atomic E-state index is -1.07. The summed E-state index contributed by atoms with van der Waals surface area (Å²) in [4.78, 5) is 21.4. The molecule has 0 atom stereocenters. The molecule has 0 spiro atoms. The number of nitrogens with zero attached hydrogens (tertiary/aromatic N) is 1. The molecule has 0 heterocycles. The van der Waals surface area contributed by atoms with E-state index in [4.69, 9.17) is 10.5 Å². The van der Waals surface area contributed by atoms with Crippen LogP contribution in [0.5, 0.6) is 5.75 Å². The molecule has 0 bridgehead atoms. The Hall–Kier alpha value is -2.37. The molecule has 0 radical (unpaired) electrons. The van der Waals surface area contributed by atoms with Gasteiger partial charge in [0.2, 0.25) is 0 Å². The van der Waals surface area contributed by atoms with Crippen LogP contribution in [0.15, 0.2) is 29.4 Å². The van der Waals surface area contributed by atoms with Crippen LogP contribution in [0.25, 0.3) is 0 Å². The number of amides is 2. The van der Waals surface area contributed by atoms with Crippen molar-refractivity contribution in [3.63, 3.8) is 0 Å². The lowest BCUT2D eigenvalue weighted by Crippen LogP contribution is -2.33. The van der Waals surface area contributed by atoms with Crippen LogP contribution in [0.1, 0.15) is 19.4 Å². The summed E-state index contributed by atoms with van der Waals surface area (Å²) >= 11 is 0. The van der Waals surface area contributed by atoms with Crippen LogP contribution in [0.4, 0.5) is 0 Å². The Labute approximate surface area is 105 Å². The first-order valence-corrected chi connectivity index (χ1v) is 5.42. The molecular weight excluding hydrogens is 234 g/mol. The highest BCUT2D eigenvalue weighted by Crippen LogP contribution is 2.12. The zero-order chi connectivity index (χ0) is 13.5. The summed E-state index contributed by atoms with van der Waals surface area (Å²) in [6.07, 6.45) is 0. The molecule has 0 aliphatic heterocycles. The van der Waals surface area contributed by atoms with Crippen molar-refractivity contribution in [2.75, 3.05) is 6.61 Å². The molecule has 3 N–H and O–H groups in total. The average molecular weight is 249 g/mol. The van der Waals surface area contributed by atoms with E-state index >= 15 is 0 Å². The maximum atomic E-state index is 10.9. The van der Waals surface area contributed by atoms with Crippen LogP contribution in [-0.2, 0) is 9.59 Å². The molecule has 0 aliphatic rings. The molecule has 6 heteroatoms. The van der Waals surface area contributed by atoms with Crippen LogP contribution in [0.2, 0.25) is 0 Å². The van der Waals surface area contributed by atoms with E-state index in [2.05, 4.69) is 10.5 Å². The van der Waals surface area contributed by atoms with E-state index in [0.717, 1.165) is 11.3 Å². The van der Waals surface area contributed by atoms with Gasteiger partial charge in [-0.1, -0.05) is 0 Å². The molecule has 0 saturated heterocycles. The second-order valence-electron chi connectivity index (χ2n) is 3.46. The molecular formula is C12H15N3O3. The fraction of sp³-hybridized carbons (Fsp3) is 0.250. The summed E-state index contributed by atoms with van der Waals surface area (Å²) in [7, 11) is 0. The maximum absolute atomic E-state index is 10.9. The average Bonchev–Trinajstić information content (AvgIpc) is 2.36. The molecule has 18 heavy (non-hydrogen) atoms. The molecule has 1 aromatic rings. The van der Waals surface area contributed by atoms with Gasteiger partial charge >= 0.3 is 11.8 Å². The minimum Gasteiger partial charge on any atom is -0.494 e.